The maximum atomic E-state index is 12.9. The predicted octanol–water partition coefficient (Wildman–Crippen LogP) is 1.02. The Morgan fingerprint density at radius 1 is 1.62 bits per heavy atom. The molecule has 0 spiro atoms. The summed E-state index contributed by atoms with van der Waals surface area (Å²) in [5, 5.41) is 0.460. The second-order valence-electron chi connectivity index (χ2n) is 3.48. The normalized spacial score (nSPS) is 26.3. The third-order valence-electron chi connectivity index (χ3n) is 2.08. The third-order valence-corrected chi connectivity index (χ3v) is 3.22. The first-order valence-corrected chi connectivity index (χ1v) is 5.50. The van der Waals surface area contributed by atoms with Crippen LogP contribution < -0.4 is 5.73 Å². The van der Waals surface area contributed by atoms with E-state index in [-0.39, 0.29) is 6.54 Å². The fraction of sp³-hybridized carbons (Fsp3) is 1.00. The molecule has 5 heteroatoms. The molecule has 1 heterocycles. The van der Waals surface area contributed by atoms with Crippen LogP contribution >= 0.6 is 11.8 Å². The van der Waals surface area contributed by atoms with Gasteiger partial charge in [-0.1, -0.05) is 6.92 Å². The van der Waals surface area contributed by atoms with Crippen LogP contribution in [0.4, 0.5) is 8.78 Å². The smallest absolute Gasteiger partial charge is 0.272 e. The molecule has 0 radical (unpaired) electrons. The highest BCUT2D eigenvalue weighted by Crippen LogP contribution is 2.21. The van der Waals surface area contributed by atoms with E-state index in [0.29, 0.717) is 5.25 Å². The van der Waals surface area contributed by atoms with Crippen LogP contribution in [-0.2, 0) is 0 Å². The van der Waals surface area contributed by atoms with Crippen molar-refractivity contribution in [1.82, 2.24) is 4.90 Å². The van der Waals surface area contributed by atoms with Gasteiger partial charge in [0, 0.05) is 24.1 Å². The Balaban J connectivity index is 2.35. The molecule has 0 saturated carbocycles. The van der Waals surface area contributed by atoms with Crippen LogP contribution in [0.25, 0.3) is 0 Å². The van der Waals surface area contributed by atoms with Gasteiger partial charge >= 0.3 is 0 Å². The van der Waals surface area contributed by atoms with E-state index in [1.165, 1.54) is 0 Å². The van der Waals surface area contributed by atoms with Gasteiger partial charge in [0.1, 0.15) is 0 Å². The molecule has 13 heavy (non-hydrogen) atoms. The van der Waals surface area contributed by atoms with Crippen molar-refractivity contribution in [3.8, 4) is 0 Å². The lowest BCUT2D eigenvalue weighted by Gasteiger charge is -2.32. The van der Waals surface area contributed by atoms with E-state index in [1.54, 1.807) is 4.90 Å². The average molecular weight is 210 g/mol. The molecule has 1 atom stereocenters. The monoisotopic (exact) mass is 210 g/mol. The van der Waals surface area contributed by atoms with Gasteiger partial charge in [-0.25, -0.2) is 8.78 Å². The number of thioether (sulfide) groups is 1. The minimum Gasteiger partial charge on any atom is -0.325 e. The number of halogens is 2. The summed E-state index contributed by atoms with van der Waals surface area (Å²) in [6.07, 6.45) is 0. The number of nitrogens with zero attached hydrogens (tertiary/aromatic N) is 1. The lowest BCUT2D eigenvalue weighted by Crippen LogP contribution is -2.46. The second kappa shape index (κ2) is 4.57. The Bertz CT molecular complexity index is 166. The van der Waals surface area contributed by atoms with Crippen molar-refractivity contribution in [3.05, 3.63) is 0 Å². The lowest BCUT2D eigenvalue weighted by molar-refractivity contribution is -0.0224. The van der Waals surface area contributed by atoms with Crippen LogP contribution in [0.3, 0.4) is 0 Å². The maximum absolute atomic E-state index is 12.9. The molecule has 1 rings (SSSR count). The Labute approximate surface area is 81.8 Å². The molecule has 2 nitrogen and oxygen atoms in total. The zero-order chi connectivity index (χ0) is 9.90. The van der Waals surface area contributed by atoms with E-state index in [2.05, 4.69) is 6.92 Å². The molecule has 1 saturated heterocycles. The van der Waals surface area contributed by atoms with E-state index in [4.69, 9.17) is 5.73 Å². The summed E-state index contributed by atoms with van der Waals surface area (Å²) in [7, 11) is 0. The van der Waals surface area contributed by atoms with Crippen molar-refractivity contribution in [3.63, 3.8) is 0 Å². The number of alkyl halides is 2. The fourth-order valence-electron chi connectivity index (χ4n) is 1.43. The fourth-order valence-corrected chi connectivity index (χ4v) is 2.51. The summed E-state index contributed by atoms with van der Waals surface area (Å²) < 4.78 is 25.8. The van der Waals surface area contributed by atoms with Gasteiger partial charge in [-0.3, -0.25) is 4.90 Å². The first-order chi connectivity index (χ1) is 6.03. The van der Waals surface area contributed by atoms with Crippen molar-refractivity contribution < 1.29 is 8.78 Å². The quantitative estimate of drug-likeness (QED) is 0.754. The molecule has 1 fully saturated rings. The first-order valence-electron chi connectivity index (χ1n) is 4.45. The number of rotatable bonds is 3. The maximum Gasteiger partial charge on any atom is 0.272 e. The molecule has 1 aliphatic heterocycles. The van der Waals surface area contributed by atoms with Crippen LogP contribution in [-0.4, -0.2) is 48.0 Å². The topological polar surface area (TPSA) is 29.3 Å². The molecule has 1 unspecified atom stereocenters. The predicted molar refractivity (Wildman–Crippen MR) is 52.4 cm³/mol. The van der Waals surface area contributed by atoms with Gasteiger partial charge in [-0.05, 0) is 0 Å². The highest BCUT2D eigenvalue weighted by molar-refractivity contribution is 7.99. The average Bonchev–Trinajstić information content (AvgIpc) is 2.03. The molecule has 0 aliphatic carbocycles. The van der Waals surface area contributed by atoms with Gasteiger partial charge in [0.05, 0.1) is 13.1 Å². The molecule has 0 bridgehead atoms. The van der Waals surface area contributed by atoms with Gasteiger partial charge in [-0.2, -0.15) is 11.8 Å². The minimum atomic E-state index is -2.72. The number of nitrogens with two attached hydrogens (primary N) is 1. The second-order valence-corrected chi connectivity index (χ2v) is 5.02. The van der Waals surface area contributed by atoms with Crippen molar-refractivity contribution in [2.24, 2.45) is 5.73 Å². The van der Waals surface area contributed by atoms with Gasteiger partial charge in [0.25, 0.3) is 5.92 Å². The SMILES string of the molecule is CC1CN(CC(F)(F)CN)CCS1. The number of hydrogen-bond acceptors (Lipinski definition) is 3. The zero-order valence-corrected chi connectivity index (χ0v) is 8.62. The largest absolute Gasteiger partial charge is 0.325 e. The van der Waals surface area contributed by atoms with Crippen molar-refractivity contribution in [1.29, 1.82) is 0 Å². The van der Waals surface area contributed by atoms with Crippen LogP contribution in [0.5, 0.6) is 0 Å². The van der Waals surface area contributed by atoms with Gasteiger partial charge in [-0.15, -0.1) is 0 Å². The minimum absolute atomic E-state index is 0.186. The highest BCUT2D eigenvalue weighted by Gasteiger charge is 2.31. The summed E-state index contributed by atoms with van der Waals surface area (Å²) in [6.45, 7) is 2.84. The Morgan fingerprint density at radius 2 is 2.31 bits per heavy atom. The van der Waals surface area contributed by atoms with E-state index in [9.17, 15) is 8.78 Å². The van der Waals surface area contributed by atoms with Crippen LogP contribution in [0.15, 0.2) is 0 Å². The molecule has 0 aromatic heterocycles. The van der Waals surface area contributed by atoms with Crippen molar-refractivity contribution >= 4 is 11.8 Å². The van der Waals surface area contributed by atoms with Gasteiger partial charge < -0.3 is 5.73 Å². The molecular formula is C8H16F2N2S. The van der Waals surface area contributed by atoms with Gasteiger partial charge in [0.2, 0.25) is 0 Å². The molecule has 0 amide bonds. The van der Waals surface area contributed by atoms with Crippen LogP contribution in [0.2, 0.25) is 0 Å². The summed E-state index contributed by atoms with van der Waals surface area (Å²) in [5.74, 6) is -1.77. The zero-order valence-electron chi connectivity index (χ0n) is 7.80. The summed E-state index contributed by atoms with van der Waals surface area (Å²) >= 11 is 1.84. The first kappa shape index (κ1) is 11.2. The lowest BCUT2D eigenvalue weighted by atomic mass is 10.3. The van der Waals surface area contributed by atoms with E-state index in [1.807, 2.05) is 11.8 Å². The highest BCUT2D eigenvalue weighted by atomic mass is 32.2. The Kier molecular flexibility index (Phi) is 3.94. The molecule has 1 aliphatic rings. The van der Waals surface area contributed by atoms with E-state index in [0.717, 1.165) is 18.8 Å². The standard InChI is InChI=1S/C8H16F2N2S/c1-7-4-12(2-3-13-7)6-8(9,10)5-11/h7H,2-6,11H2,1H3. The van der Waals surface area contributed by atoms with E-state index < -0.39 is 12.5 Å². The van der Waals surface area contributed by atoms with Crippen molar-refractivity contribution in [2.75, 3.05) is 31.9 Å². The van der Waals surface area contributed by atoms with E-state index >= 15 is 0 Å². The summed E-state index contributed by atoms with van der Waals surface area (Å²) in [6, 6.07) is 0. The summed E-state index contributed by atoms with van der Waals surface area (Å²) in [4.78, 5) is 1.80. The Morgan fingerprint density at radius 3 is 2.85 bits per heavy atom. The molecule has 78 valence electrons. The molecule has 2 N–H and O–H groups in total. The summed E-state index contributed by atoms with van der Waals surface area (Å²) in [5.41, 5.74) is 4.98. The molecule has 0 aromatic carbocycles. The van der Waals surface area contributed by atoms with Crippen LogP contribution in [0.1, 0.15) is 6.92 Å². The molecule has 0 aromatic rings. The van der Waals surface area contributed by atoms with Crippen molar-refractivity contribution in [2.45, 2.75) is 18.1 Å². The third kappa shape index (κ3) is 3.79. The Hall–Kier alpha value is 0.130. The molecular weight excluding hydrogens is 194 g/mol. The van der Waals surface area contributed by atoms with Gasteiger partial charge in [0.15, 0.2) is 0 Å². The van der Waals surface area contributed by atoms with Crippen LogP contribution in [0, 0.1) is 0 Å². The number of hydrogen-bond donors (Lipinski definition) is 1.